The van der Waals surface area contributed by atoms with Gasteiger partial charge in [-0.2, -0.15) is 0 Å². The van der Waals surface area contributed by atoms with E-state index < -0.39 is 4.92 Å². The summed E-state index contributed by atoms with van der Waals surface area (Å²) in [5, 5.41) is 14.4. The summed E-state index contributed by atoms with van der Waals surface area (Å²) in [6, 6.07) is 1.81. The molecule has 124 valence electrons. The number of carbonyl (C=O) groups excluding carboxylic acids is 1. The zero-order valence-corrected chi connectivity index (χ0v) is 13.3. The van der Waals surface area contributed by atoms with Crippen LogP contribution >= 0.6 is 0 Å². The Morgan fingerprint density at radius 2 is 2.09 bits per heavy atom. The van der Waals surface area contributed by atoms with E-state index in [1.807, 2.05) is 0 Å². The fraction of sp³-hybridized carbons (Fsp3) is 0.625. The molecule has 1 aromatic rings. The Morgan fingerprint density at radius 1 is 1.39 bits per heavy atom. The van der Waals surface area contributed by atoms with Gasteiger partial charge in [0.15, 0.2) is 0 Å². The fourth-order valence-corrected chi connectivity index (χ4v) is 2.95. The quantitative estimate of drug-likeness (QED) is 0.661. The van der Waals surface area contributed by atoms with Gasteiger partial charge in [-0.05, 0) is 45.1 Å². The average Bonchev–Trinajstić information content (AvgIpc) is 3.37. The number of nitrogens with zero attached hydrogens (tertiary/aromatic N) is 3. The average molecular weight is 318 g/mol. The van der Waals surface area contributed by atoms with Gasteiger partial charge in [0.2, 0.25) is 0 Å². The Labute approximate surface area is 135 Å². The van der Waals surface area contributed by atoms with Crippen LogP contribution in [0.5, 0.6) is 0 Å². The topological polar surface area (TPSA) is 88.4 Å². The van der Waals surface area contributed by atoms with E-state index >= 15 is 0 Å². The molecule has 0 spiro atoms. The number of hydrogen-bond acceptors (Lipinski definition) is 5. The Balaban J connectivity index is 1.60. The number of hydrogen-bond donors (Lipinski definition) is 1. The van der Waals surface area contributed by atoms with Crippen LogP contribution in [0, 0.1) is 23.0 Å². The summed E-state index contributed by atoms with van der Waals surface area (Å²) < 4.78 is 0. The van der Waals surface area contributed by atoms with E-state index in [0.29, 0.717) is 30.4 Å². The number of piperidine rings is 1. The minimum atomic E-state index is -0.517. The van der Waals surface area contributed by atoms with Gasteiger partial charge in [-0.1, -0.05) is 0 Å². The summed E-state index contributed by atoms with van der Waals surface area (Å²) in [5.41, 5.74) is 0.734. The lowest BCUT2D eigenvalue weighted by Crippen LogP contribution is -2.45. The lowest BCUT2D eigenvalue weighted by atomic mass is 10.0. The SMILES string of the molecule is Cc1ncc([N+](=O)[O-])cc1C(=O)N1CCC(NCC2CC2)CC1. The smallest absolute Gasteiger partial charge is 0.288 e. The third kappa shape index (κ3) is 3.85. The molecule has 1 aliphatic carbocycles. The summed E-state index contributed by atoms with van der Waals surface area (Å²) in [7, 11) is 0. The van der Waals surface area contributed by atoms with Crippen LogP contribution in [0.2, 0.25) is 0 Å². The summed E-state index contributed by atoms with van der Waals surface area (Å²) >= 11 is 0. The summed E-state index contributed by atoms with van der Waals surface area (Å²) in [6.45, 7) is 4.17. The zero-order valence-electron chi connectivity index (χ0n) is 13.3. The number of pyridine rings is 1. The molecule has 2 fully saturated rings. The first kappa shape index (κ1) is 15.9. The first-order valence-corrected chi connectivity index (χ1v) is 8.18. The molecule has 7 heteroatoms. The van der Waals surface area contributed by atoms with E-state index in [0.717, 1.165) is 25.3 Å². The normalized spacial score (nSPS) is 18.9. The molecule has 3 rings (SSSR count). The Hall–Kier alpha value is -2.02. The van der Waals surface area contributed by atoms with E-state index in [1.54, 1.807) is 11.8 Å². The van der Waals surface area contributed by atoms with E-state index in [4.69, 9.17) is 0 Å². The molecule has 23 heavy (non-hydrogen) atoms. The van der Waals surface area contributed by atoms with Crippen molar-refractivity contribution >= 4 is 11.6 Å². The predicted octanol–water partition coefficient (Wildman–Crippen LogP) is 1.90. The van der Waals surface area contributed by atoms with Crippen LogP contribution in [0.25, 0.3) is 0 Å². The second kappa shape index (κ2) is 6.62. The third-order valence-electron chi connectivity index (χ3n) is 4.69. The maximum Gasteiger partial charge on any atom is 0.288 e. The van der Waals surface area contributed by atoms with Gasteiger partial charge in [0.25, 0.3) is 11.6 Å². The van der Waals surface area contributed by atoms with Crippen LogP contribution < -0.4 is 5.32 Å². The summed E-state index contributed by atoms with van der Waals surface area (Å²) in [6.07, 6.45) is 5.73. The standard InChI is InChI=1S/C16H22N4O3/c1-11-15(8-14(10-17-11)20(22)23)16(21)19-6-4-13(5-7-19)18-9-12-2-3-12/h8,10,12-13,18H,2-7,9H2,1H3. The van der Waals surface area contributed by atoms with Crippen molar-refractivity contribution in [1.82, 2.24) is 15.2 Å². The van der Waals surface area contributed by atoms with Crippen molar-refractivity contribution in [1.29, 1.82) is 0 Å². The van der Waals surface area contributed by atoms with Crippen molar-refractivity contribution in [3.8, 4) is 0 Å². The van der Waals surface area contributed by atoms with Crippen LogP contribution in [0.4, 0.5) is 5.69 Å². The molecular weight excluding hydrogens is 296 g/mol. The van der Waals surface area contributed by atoms with Crippen LogP contribution in [0.1, 0.15) is 41.7 Å². The molecule has 1 saturated heterocycles. The number of carbonyl (C=O) groups is 1. The largest absolute Gasteiger partial charge is 0.338 e. The van der Waals surface area contributed by atoms with Gasteiger partial charge in [0, 0.05) is 25.2 Å². The highest BCUT2D eigenvalue weighted by molar-refractivity contribution is 5.95. The third-order valence-corrected chi connectivity index (χ3v) is 4.69. The maximum atomic E-state index is 12.6. The number of amides is 1. The molecule has 1 saturated carbocycles. The minimum absolute atomic E-state index is 0.139. The Kier molecular flexibility index (Phi) is 4.56. The van der Waals surface area contributed by atoms with Gasteiger partial charge >= 0.3 is 0 Å². The van der Waals surface area contributed by atoms with Gasteiger partial charge in [-0.25, -0.2) is 0 Å². The van der Waals surface area contributed by atoms with E-state index in [1.165, 1.54) is 25.1 Å². The molecular formula is C16H22N4O3. The molecule has 2 heterocycles. The number of nitro groups is 1. The molecule has 7 nitrogen and oxygen atoms in total. The van der Waals surface area contributed by atoms with Crippen molar-refractivity contribution in [3.63, 3.8) is 0 Å². The zero-order chi connectivity index (χ0) is 16.4. The van der Waals surface area contributed by atoms with Crippen molar-refractivity contribution in [2.45, 2.75) is 38.6 Å². The molecule has 0 unspecified atom stereocenters. The monoisotopic (exact) mass is 318 g/mol. The Bertz CT molecular complexity index is 607. The van der Waals surface area contributed by atoms with Crippen LogP contribution in [0.15, 0.2) is 12.3 Å². The number of nitrogens with one attached hydrogen (secondary N) is 1. The van der Waals surface area contributed by atoms with Crippen molar-refractivity contribution < 1.29 is 9.72 Å². The van der Waals surface area contributed by atoms with Gasteiger partial charge in [-0.3, -0.25) is 19.9 Å². The van der Waals surface area contributed by atoms with Crippen molar-refractivity contribution in [2.75, 3.05) is 19.6 Å². The van der Waals surface area contributed by atoms with Crippen LogP contribution in [-0.2, 0) is 0 Å². The van der Waals surface area contributed by atoms with Crippen LogP contribution in [-0.4, -0.2) is 46.4 Å². The molecule has 1 aliphatic heterocycles. The Morgan fingerprint density at radius 3 is 2.70 bits per heavy atom. The summed E-state index contributed by atoms with van der Waals surface area (Å²) in [4.78, 5) is 28.7. The first-order chi connectivity index (χ1) is 11.0. The van der Waals surface area contributed by atoms with Crippen molar-refractivity contribution in [2.24, 2.45) is 5.92 Å². The van der Waals surface area contributed by atoms with Gasteiger partial charge < -0.3 is 10.2 Å². The lowest BCUT2D eigenvalue weighted by Gasteiger charge is -2.32. The molecule has 1 N–H and O–H groups in total. The van der Waals surface area contributed by atoms with E-state index in [9.17, 15) is 14.9 Å². The number of likely N-dealkylation sites (tertiary alicyclic amines) is 1. The fourth-order valence-electron chi connectivity index (χ4n) is 2.95. The molecule has 0 atom stereocenters. The molecule has 0 radical (unpaired) electrons. The van der Waals surface area contributed by atoms with Gasteiger partial charge in [0.05, 0.1) is 16.2 Å². The van der Waals surface area contributed by atoms with E-state index in [-0.39, 0.29) is 11.6 Å². The highest BCUT2D eigenvalue weighted by Crippen LogP contribution is 2.28. The molecule has 0 bridgehead atoms. The number of rotatable bonds is 5. The van der Waals surface area contributed by atoms with Crippen LogP contribution in [0.3, 0.4) is 0 Å². The number of aromatic nitrogens is 1. The minimum Gasteiger partial charge on any atom is -0.338 e. The maximum absolute atomic E-state index is 12.6. The van der Waals surface area contributed by atoms with Crippen molar-refractivity contribution in [3.05, 3.63) is 33.6 Å². The number of aryl methyl sites for hydroxylation is 1. The molecule has 2 aliphatic rings. The molecule has 1 aromatic heterocycles. The summed E-state index contributed by atoms with van der Waals surface area (Å²) in [5.74, 6) is 0.701. The van der Waals surface area contributed by atoms with E-state index in [2.05, 4.69) is 10.3 Å². The second-order valence-corrected chi connectivity index (χ2v) is 6.50. The van der Waals surface area contributed by atoms with Gasteiger partial charge in [0.1, 0.15) is 6.20 Å². The lowest BCUT2D eigenvalue weighted by molar-refractivity contribution is -0.385. The molecule has 0 aromatic carbocycles. The second-order valence-electron chi connectivity index (χ2n) is 6.50. The highest BCUT2D eigenvalue weighted by Gasteiger charge is 2.27. The first-order valence-electron chi connectivity index (χ1n) is 8.18. The molecule has 1 amide bonds. The highest BCUT2D eigenvalue weighted by atomic mass is 16.6. The van der Waals surface area contributed by atoms with Gasteiger partial charge in [-0.15, -0.1) is 0 Å². The predicted molar refractivity (Wildman–Crippen MR) is 85.3 cm³/mol.